The van der Waals surface area contributed by atoms with Crippen LogP contribution in [-0.4, -0.2) is 81.9 Å². The number of nitrogen functional groups attached to an aromatic ring is 1. The maximum atomic E-state index is 12.0. The predicted molar refractivity (Wildman–Crippen MR) is 120 cm³/mol. The number of ether oxygens (including phenoxy) is 2. The fourth-order valence-corrected chi connectivity index (χ4v) is 4.57. The van der Waals surface area contributed by atoms with Gasteiger partial charge in [0.1, 0.15) is 17.7 Å². The van der Waals surface area contributed by atoms with Gasteiger partial charge in [-0.15, -0.1) is 6.42 Å². The number of carboxylic acid groups (broad SMARTS) is 2. The molecule has 3 aromatic heterocycles. The Balaban J connectivity index is 1.65. The summed E-state index contributed by atoms with van der Waals surface area (Å²) in [6.45, 7) is -0.790. The number of imidazole rings is 1. The molecule has 1 saturated heterocycles. The van der Waals surface area contributed by atoms with E-state index in [1.807, 2.05) is 5.92 Å². The van der Waals surface area contributed by atoms with Crippen molar-refractivity contribution in [1.29, 1.82) is 0 Å². The molecule has 0 saturated carbocycles. The third-order valence-electron chi connectivity index (χ3n) is 5.65. The molecule has 13 nitrogen and oxygen atoms in total. The average molecular weight is 524 g/mol. The number of carbonyl (C=O) groups is 2. The molecular weight excluding hydrogens is 506 g/mol. The summed E-state index contributed by atoms with van der Waals surface area (Å²) >= 11 is 7.12. The number of thiophene rings is 1. The smallest absolute Gasteiger partial charge is 0.348 e. The molecule has 4 atom stereocenters. The molecule has 184 valence electrons. The number of nitrogens with two attached hydrogens (primary N) is 1. The number of carboxylic acids is 2. The van der Waals surface area contributed by atoms with Crippen molar-refractivity contribution in [3.8, 4) is 12.3 Å². The number of terminal acetylenes is 1. The molecule has 15 heteroatoms. The summed E-state index contributed by atoms with van der Waals surface area (Å²) in [6.07, 6.45) is 1.46. The molecule has 1 aliphatic heterocycles. The first-order valence-electron chi connectivity index (χ1n) is 9.84. The normalized spacial score (nSPS) is 24.5. The van der Waals surface area contributed by atoms with Gasteiger partial charge in [-0.1, -0.05) is 5.92 Å². The molecule has 1 aliphatic rings. The van der Waals surface area contributed by atoms with Gasteiger partial charge in [-0.3, -0.25) is 4.57 Å². The van der Waals surface area contributed by atoms with E-state index in [0.29, 0.717) is 5.56 Å². The molecule has 0 amide bonds. The van der Waals surface area contributed by atoms with E-state index in [9.17, 15) is 30.0 Å². The maximum absolute atomic E-state index is 12.0. The van der Waals surface area contributed by atoms with Crippen LogP contribution in [0.3, 0.4) is 0 Å². The maximum Gasteiger partial charge on any atom is 0.348 e. The molecule has 0 bridgehead atoms. The van der Waals surface area contributed by atoms with Gasteiger partial charge in [0.2, 0.25) is 5.28 Å². The van der Waals surface area contributed by atoms with Gasteiger partial charge >= 0.3 is 11.9 Å². The Kier molecular flexibility index (Phi) is 6.40. The number of aliphatic hydroxyl groups excluding tert-OH is 1. The van der Waals surface area contributed by atoms with Gasteiger partial charge in [-0.2, -0.15) is 21.3 Å². The lowest BCUT2D eigenvalue weighted by molar-refractivity contribution is -0.191. The Morgan fingerprint density at radius 3 is 2.71 bits per heavy atom. The minimum atomic E-state index is -2.71. The zero-order valence-electron chi connectivity index (χ0n) is 17.6. The number of aromatic nitrogens is 4. The molecule has 3 aromatic rings. The van der Waals surface area contributed by atoms with E-state index in [0.717, 1.165) is 0 Å². The second-order valence-electron chi connectivity index (χ2n) is 7.69. The van der Waals surface area contributed by atoms with Crippen molar-refractivity contribution in [2.45, 2.75) is 36.1 Å². The Morgan fingerprint density at radius 1 is 1.40 bits per heavy atom. The Hall–Kier alpha value is -3.32. The van der Waals surface area contributed by atoms with Crippen LogP contribution in [-0.2, 0) is 25.5 Å². The fraction of sp³-hybridized carbons (Fsp3) is 0.350. The predicted octanol–water partition coefficient (Wildman–Crippen LogP) is -0.0867. The molecule has 0 aromatic carbocycles. The molecule has 4 heterocycles. The Labute approximate surface area is 205 Å². The van der Waals surface area contributed by atoms with E-state index in [2.05, 4.69) is 15.0 Å². The van der Waals surface area contributed by atoms with Crippen molar-refractivity contribution in [1.82, 2.24) is 19.5 Å². The van der Waals surface area contributed by atoms with Crippen LogP contribution in [0.15, 0.2) is 23.2 Å². The van der Waals surface area contributed by atoms with E-state index in [1.165, 1.54) is 22.2 Å². The second kappa shape index (κ2) is 9.04. The topological polar surface area (TPSA) is 203 Å². The van der Waals surface area contributed by atoms with E-state index in [1.54, 1.807) is 16.8 Å². The molecule has 0 unspecified atom stereocenters. The number of fused-ring (bicyclic) bond motifs is 1. The van der Waals surface area contributed by atoms with Crippen LogP contribution in [0.2, 0.25) is 5.28 Å². The van der Waals surface area contributed by atoms with Crippen molar-refractivity contribution in [3.05, 3.63) is 34.0 Å². The summed E-state index contributed by atoms with van der Waals surface area (Å²) in [5.74, 6) is -1.54. The molecule has 0 radical (unpaired) electrons. The van der Waals surface area contributed by atoms with E-state index in [-0.39, 0.29) is 22.3 Å². The molecule has 1 fully saturated rings. The van der Waals surface area contributed by atoms with Gasteiger partial charge in [0.25, 0.3) is 5.60 Å². The van der Waals surface area contributed by atoms with Crippen LogP contribution in [0.5, 0.6) is 0 Å². The highest BCUT2D eigenvalue weighted by atomic mass is 35.5. The lowest BCUT2D eigenvalue weighted by Gasteiger charge is -2.29. The zero-order valence-corrected chi connectivity index (χ0v) is 19.2. The number of halogens is 1. The zero-order chi connectivity index (χ0) is 25.5. The number of hydrogen-bond acceptors (Lipinski definition) is 11. The molecular formula is C20H18ClN5O8S. The van der Waals surface area contributed by atoms with Crippen molar-refractivity contribution in [2.24, 2.45) is 0 Å². The minimum Gasteiger partial charge on any atom is -0.479 e. The van der Waals surface area contributed by atoms with Crippen molar-refractivity contribution < 1.29 is 39.5 Å². The van der Waals surface area contributed by atoms with Crippen LogP contribution < -0.4 is 5.73 Å². The first-order chi connectivity index (χ1) is 16.5. The summed E-state index contributed by atoms with van der Waals surface area (Å²) in [7, 11) is 0. The van der Waals surface area contributed by atoms with Crippen molar-refractivity contribution in [2.75, 3.05) is 12.3 Å². The van der Waals surface area contributed by atoms with Crippen LogP contribution in [0.4, 0.5) is 5.82 Å². The van der Waals surface area contributed by atoms with Gasteiger partial charge in [0.15, 0.2) is 23.3 Å². The number of aliphatic hydroxyl groups is 2. The van der Waals surface area contributed by atoms with Gasteiger partial charge in [0, 0.05) is 6.42 Å². The third-order valence-corrected chi connectivity index (χ3v) is 6.55. The van der Waals surface area contributed by atoms with Crippen LogP contribution >= 0.6 is 22.9 Å². The van der Waals surface area contributed by atoms with Crippen molar-refractivity contribution >= 4 is 51.9 Å². The molecule has 4 rings (SSSR count). The van der Waals surface area contributed by atoms with Gasteiger partial charge < -0.3 is 35.6 Å². The molecule has 0 spiro atoms. The number of rotatable bonds is 8. The molecule has 0 aliphatic carbocycles. The van der Waals surface area contributed by atoms with Gasteiger partial charge in [-0.05, 0) is 34.0 Å². The highest BCUT2D eigenvalue weighted by Crippen LogP contribution is 2.39. The summed E-state index contributed by atoms with van der Waals surface area (Å²) in [5.41, 5.74) is 1.31. The number of aliphatic carboxylic acids is 2. The molecule has 6 N–H and O–H groups in total. The number of nitrogens with zero attached hydrogens (tertiary/aromatic N) is 4. The summed E-state index contributed by atoms with van der Waals surface area (Å²) in [5, 5.41) is 44.3. The largest absolute Gasteiger partial charge is 0.479 e. The SMILES string of the molecule is C#C[C@@]1(O)[C@@H](COC(Cc2ccsc2)(C(=O)O)C(=O)O)O[C@@H](n2cnc3c(N)nc(Cl)nc32)[C@@H]1O. The highest BCUT2D eigenvalue weighted by Gasteiger charge is 2.57. The Bertz CT molecular complexity index is 1310. The van der Waals surface area contributed by atoms with E-state index >= 15 is 0 Å². The number of anilines is 1. The quantitative estimate of drug-likeness (QED) is 0.149. The summed E-state index contributed by atoms with van der Waals surface area (Å²) < 4.78 is 12.3. The second-order valence-corrected chi connectivity index (χ2v) is 8.81. The first-order valence-corrected chi connectivity index (χ1v) is 11.2. The van der Waals surface area contributed by atoms with E-state index in [4.69, 9.17) is 33.2 Å². The van der Waals surface area contributed by atoms with Gasteiger partial charge in [0.05, 0.1) is 12.9 Å². The standard InChI is InChI=1S/C20H18ClN5O8S/c1-2-19(32)10(6-33-20(16(28)29,17(30)31)5-9-3-4-35-7-9)34-15(12(19)27)26-8-23-11-13(22)24-18(21)25-14(11)26/h1,3-4,7-8,10,12,15,27,32H,5-6H2,(H,28,29)(H,30,31)(H2,22,24,25)/t10-,12+,15-,19-/m1/s1. The monoisotopic (exact) mass is 523 g/mol. The van der Waals surface area contributed by atoms with Gasteiger partial charge in [-0.25, -0.2) is 14.6 Å². The highest BCUT2D eigenvalue weighted by molar-refractivity contribution is 7.07. The van der Waals surface area contributed by atoms with Crippen LogP contribution in [0.1, 0.15) is 11.8 Å². The van der Waals surface area contributed by atoms with Crippen LogP contribution in [0.25, 0.3) is 11.2 Å². The van der Waals surface area contributed by atoms with E-state index < -0.39 is 54.6 Å². The number of hydrogen-bond donors (Lipinski definition) is 5. The summed E-state index contributed by atoms with van der Waals surface area (Å²) in [4.78, 5) is 35.9. The van der Waals surface area contributed by atoms with Crippen molar-refractivity contribution in [3.63, 3.8) is 0 Å². The fourth-order valence-electron chi connectivity index (χ4n) is 3.73. The first kappa shape index (κ1) is 24.8. The van der Waals surface area contributed by atoms with Crippen LogP contribution in [0, 0.1) is 12.3 Å². The minimum absolute atomic E-state index is 0.0422. The lowest BCUT2D eigenvalue weighted by atomic mass is 9.92. The third kappa shape index (κ3) is 4.08. The average Bonchev–Trinajstić information content (AvgIpc) is 3.51. The molecule has 35 heavy (non-hydrogen) atoms. The Morgan fingerprint density at radius 2 is 2.11 bits per heavy atom. The lowest BCUT2D eigenvalue weighted by Crippen LogP contribution is -2.54. The summed E-state index contributed by atoms with van der Waals surface area (Å²) in [6, 6.07) is 1.56.